The highest BCUT2D eigenvalue weighted by atomic mass is 16.3. The van der Waals surface area contributed by atoms with Crippen molar-refractivity contribution in [1.82, 2.24) is 0 Å². The molecule has 0 radical (unpaired) electrons. The highest BCUT2D eigenvalue weighted by Gasteiger charge is 2.50. The first-order valence-corrected chi connectivity index (χ1v) is 6.34. The van der Waals surface area contributed by atoms with Gasteiger partial charge in [-0.05, 0) is 31.1 Å². The molecule has 2 rings (SSSR count). The molecular formula is C14H20O3. The molecule has 0 aliphatic heterocycles. The normalized spacial score (nSPS) is 41.8. The summed E-state index contributed by atoms with van der Waals surface area (Å²) in [4.78, 5) is 23.4. The van der Waals surface area contributed by atoms with Crippen molar-refractivity contribution >= 4 is 11.6 Å². The number of aliphatic hydroxyl groups excluding tert-OH is 1. The summed E-state index contributed by atoms with van der Waals surface area (Å²) < 4.78 is 0. The number of carbonyl (C=O) groups excluding carboxylic acids is 2. The van der Waals surface area contributed by atoms with Crippen LogP contribution in [0.1, 0.15) is 40.0 Å². The fourth-order valence-electron chi connectivity index (χ4n) is 3.38. The number of aliphatic hydroxyl groups is 1. The number of ketones is 2. The second-order valence-electron chi connectivity index (χ2n) is 5.73. The fourth-order valence-corrected chi connectivity index (χ4v) is 3.38. The van der Waals surface area contributed by atoms with Gasteiger partial charge in [0, 0.05) is 5.92 Å². The van der Waals surface area contributed by atoms with E-state index in [1.165, 1.54) is 6.92 Å². The molecular weight excluding hydrogens is 216 g/mol. The zero-order chi connectivity index (χ0) is 12.8. The van der Waals surface area contributed by atoms with Crippen molar-refractivity contribution in [3.8, 4) is 0 Å². The van der Waals surface area contributed by atoms with E-state index in [1.54, 1.807) is 0 Å². The van der Waals surface area contributed by atoms with E-state index in [0.29, 0.717) is 5.92 Å². The summed E-state index contributed by atoms with van der Waals surface area (Å²) in [5, 5.41) is 10.1. The van der Waals surface area contributed by atoms with E-state index >= 15 is 0 Å². The lowest BCUT2D eigenvalue weighted by Crippen LogP contribution is -2.50. The third-order valence-electron chi connectivity index (χ3n) is 4.76. The standard InChI is InChI=1S/C14H20O3/c1-8-5-4-6-11-13(17)12(16)10(9(2)15)7-14(8,11)3/h7-8,11,13,17H,4-6H2,1-3H3/t8-,11?,13+,14+/m0/s1. The molecule has 17 heavy (non-hydrogen) atoms. The highest BCUT2D eigenvalue weighted by Crippen LogP contribution is 2.50. The van der Waals surface area contributed by atoms with Crippen LogP contribution in [0.2, 0.25) is 0 Å². The number of fused-ring (bicyclic) bond motifs is 1. The first-order valence-electron chi connectivity index (χ1n) is 6.34. The Bertz CT molecular complexity index is 396. The van der Waals surface area contributed by atoms with E-state index in [9.17, 15) is 14.7 Å². The van der Waals surface area contributed by atoms with Crippen molar-refractivity contribution in [3.05, 3.63) is 11.6 Å². The molecule has 0 aromatic heterocycles. The van der Waals surface area contributed by atoms with Crippen LogP contribution >= 0.6 is 0 Å². The molecule has 0 amide bonds. The average molecular weight is 236 g/mol. The molecule has 0 aromatic rings. The second-order valence-corrected chi connectivity index (χ2v) is 5.73. The largest absolute Gasteiger partial charge is 0.385 e. The van der Waals surface area contributed by atoms with Gasteiger partial charge in [-0.2, -0.15) is 0 Å². The van der Waals surface area contributed by atoms with Gasteiger partial charge in [-0.1, -0.05) is 26.3 Å². The molecule has 0 heterocycles. The number of hydrogen-bond donors (Lipinski definition) is 1. The molecule has 0 bridgehead atoms. The van der Waals surface area contributed by atoms with Gasteiger partial charge in [0.05, 0.1) is 5.57 Å². The maximum atomic E-state index is 11.9. The molecule has 1 N–H and O–H groups in total. The first kappa shape index (κ1) is 12.5. The minimum atomic E-state index is -0.994. The van der Waals surface area contributed by atoms with E-state index < -0.39 is 6.10 Å². The van der Waals surface area contributed by atoms with Crippen LogP contribution < -0.4 is 0 Å². The summed E-state index contributed by atoms with van der Waals surface area (Å²) in [6.45, 7) is 5.61. The molecule has 1 fully saturated rings. The maximum absolute atomic E-state index is 11.9. The molecule has 1 saturated carbocycles. The first-order chi connectivity index (χ1) is 7.88. The lowest BCUT2D eigenvalue weighted by molar-refractivity contribution is -0.135. The fraction of sp³-hybridized carbons (Fsp3) is 0.714. The minimum Gasteiger partial charge on any atom is -0.385 e. The zero-order valence-corrected chi connectivity index (χ0v) is 10.7. The van der Waals surface area contributed by atoms with E-state index in [2.05, 4.69) is 13.8 Å². The zero-order valence-electron chi connectivity index (χ0n) is 10.7. The topological polar surface area (TPSA) is 54.4 Å². The lowest BCUT2D eigenvalue weighted by Gasteiger charge is -2.48. The Morgan fingerprint density at radius 2 is 2.12 bits per heavy atom. The number of carbonyl (C=O) groups is 2. The van der Waals surface area contributed by atoms with Gasteiger partial charge in [0.2, 0.25) is 0 Å². The number of rotatable bonds is 1. The van der Waals surface area contributed by atoms with Crippen LogP contribution in [-0.4, -0.2) is 22.8 Å². The Labute approximate surface area is 102 Å². The summed E-state index contributed by atoms with van der Waals surface area (Å²) >= 11 is 0. The number of allylic oxidation sites excluding steroid dienone is 1. The number of hydrogen-bond acceptors (Lipinski definition) is 3. The molecule has 3 nitrogen and oxygen atoms in total. The summed E-state index contributed by atoms with van der Waals surface area (Å²) in [5.41, 5.74) is -0.0166. The molecule has 2 aliphatic rings. The smallest absolute Gasteiger partial charge is 0.194 e. The van der Waals surface area contributed by atoms with Crippen LogP contribution in [0.25, 0.3) is 0 Å². The van der Waals surface area contributed by atoms with Crippen molar-refractivity contribution in [2.75, 3.05) is 0 Å². The minimum absolute atomic E-state index is 0.0261. The SMILES string of the molecule is CC(=O)C1=C[C@@]2(C)C(CCC[C@@H]2C)[C@@H](O)C1=O. The summed E-state index contributed by atoms with van der Waals surface area (Å²) in [6, 6.07) is 0. The lowest BCUT2D eigenvalue weighted by atomic mass is 9.56. The van der Waals surface area contributed by atoms with E-state index in [1.807, 2.05) is 6.08 Å². The van der Waals surface area contributed by atoms with Gasteiger partial charge in [-0.15, -0.1) is 0 Å². The van der Waals surface area contributed by atoms with Crippen molar-refractivity contribution in [3.63, 3.8) is 0 Å². The van der Waals surface area contributed by atoms with Gasteiger partial charge in [0.25, 0.3) is 0 Å². The van der Waals surface area contributed by atoms with Gasteiger partial charge in [-0.3, -0.25) is 9.59 Å². The Morgan fingerprint density at radius 3 is 2.71 bits per heavy atom. The van der Waals surface area contributed by atoms with Crippen LogP contribution in [0.5, 0.6) is 0 Å². The van der Waals surface area contributed by atoms with Crippen molar-refractivity contribution in [1.29, 1.82) is 0 Å². The molecule has 0 saturated heterocycles. The van der Waals surface area contributed by atoms with Crippen molar-refractivity contribution in [2.45, 2.75) is 46.1 Å². The van der Waals surface area contributed by atoms with Gasteiger partial charge in [0.15, 0.2) is 11.6 Å². The predicted molar refractivity (Wildman–Crippen MR) is 64.4 cm³/mol. The van der Waals surface area contributed by atoms with Crippen LogP contribution in [-0.2, 0) is 9.59 Å². The van der Waals surface area contributed by atoms with Gasteiger partial charge < -0.3 is 5.11 Å². The molecule has 4 atom stereocenters. The van der Waals surface area contributed by atoms with E-state index in [4.69, 9.17) is 0 Å². The van der Waals surface area contributed by atoms with Crippen LogP contribution in [0.4, 0.5) is 0 Å². The summed E-state index contributed by atoms with van der Waals surface area (Å²) in [5.74, 6) is -0.235. The predicted octanol–water partition coefficient (Wildman–Crippen LogP) is 1.89. The van der Waals surface area contributed by atoms with Gasteiger partial charge >= 0.3 is 0 Å². The Hall–Kier alpha value is -0.960. The molecule has 0 aromatic carbocycles. The van der Waals surface area contributed by atoms with Gasteiger partial charge in [-0.25, -0.2) is 0 Å². The third-order valence-corrected chi connectivity index (χ3v) is 4.76. The molecule has 2 aliphatic carbocycles. The third kappa shape index (κ3) is 1.77. The van der Waals surface area contributed by atoms with Crippen molar-refractivity contribution < 1.29 is 14.7 Å². The summed E-state index contributed by atoms with van der Waals surface area (Å²) in [6.07, 6.45) is 3.85. The van der Waals surface area contributed by atoms with Crippen LogP contribution in [0.15, 0.2) is 11.6 Å². The number of Topliss-reactive ketones (excluding diaryl/α,β-unsaturated/α-hetero) is 2. The second kappa shape index (κ2) is 4.05. The summed E-state index contributed by atoms with van der Waals surface area (Å²) in [7, 11) is 0. The van der Waals surface area contributed by atoms with E-state index in [-0.39, 0.29) is 28.5 Å². The van der Waals surface area contributed by atoms with Crippen LogP contribution in [0, 0.1) is 17.3 Å². The molecule has 0 spiro atoms. The maximum Gasteiger partial charge on any atom is 0.194 e. The van der Waals surface area contributed by atoms with Gasteiger partial charge in [0.1, 0.15) is 6.10 Å². The Balaban J connectivity index is 2.50. The molecule has 1 unspecified atom stereocenters. The monoisotopic (exact) mass is 236 g/mol. The average Bonchev–Trinajstić information content (AvgIpc) is 2.26. The highest BCUT2D eigenvalue weighted by molar-refractivity contribution is 6.21. The molecule has 3 heteroatoms. The quantitative estimate of drug-likeness (QED) is 0.707. The Kier molecular flexibility index (Phi) is 2.98. The van der Waals surface area contributed by atoms with Crippen LogP contribution in [0.3, 0.4) is 0 Å². The van der Waals surface area contributed by atoms with Crippen molar-refractivity contribution in [2.24, 2.45) is 17.3 Å². The van der Waals surface area contributed by atoms with E-state index in [0.717, 1.165) is 19.3 Å². The molecule has 94 valence electrons. The Morgan fingerprint density at radius 1 is 1.47 bits per heavy atom.